The molecule has 0 bridgehead atoms. The van der Waals surface area contributed by atoms with Gasteiger partial charge in [-0.3, -0.25) is 4.98 Å². The molecule has 0 radical (unpaired) electrons. The highest BCUT2D eigenvalue weighted by molar-refractivity contribution is 7.89. The van der Waals surface area contributed by atoms with E-state index in [0.717, 1.165) is 34.1 Å². The molecule has 0 unspecified atom stereocenters. The van der Waals surface area contributed by atoms with Gasteiger partial charge in [-0.05, 0) is 41.7 Å². The van der Waals surface area contributed by atoms with Crippen LogP contribution in [0.3, 0.4) is 0 Å². The Hall–Kier alpha value is -2.19. The van der Waals surface area contributed by atoms with Crippen molar-refractivity contribution in [2.75, 3.05) is 13.1 Å². The summed E-state index contributed by atoms with van der Waals surface area (Å²) in [4.78, 5) is 2.44. The molecule has 1 aliphatic heterocycles. The van der Waals surface area contributed by atoms with Gasteiger partial charge in [0.2, 0.25) is 10.0 Å². The molecule has 0 saturated heterocycles. The van der Waals surface area contributed by atoms with E-state index in [4.69, 9.17) is 0 Å². The van der Waals surface area contributed by atoms with Gasteiger partial charge in [-0.2, -0.15) is 17.5 Å². The van der Waals surface area contributed by atoms with Crippen LogP contribution in [0.15, 0.2) is 53.6 Å². The van der Waals surface area contributed by atoms with Gasteiger partial charge in [0.15, 0.2) is 5.69 Å². The third-order valence-electron chi connectivity index (χ3n) is 4.56. The fourth-order valence-corrected chi connectivity index (χ4v) is 4.58. The van der Waals surface area contributed by atoms with E-state index in [1.54, 1.807) is 6.08 Å². The van der Waals surface area contributed by atoms with Crippen molar-refractivity contribution in [1.82, 2.24) is 9.29 Å². The minimum Gasteiger partial charge on any atom is -0.250 e. The zero-order chi connectivity index (χ0) is 19.7. The molecular formula is C19H19F3N2O2S. The maximum atomic E-state index is 13.1. The first-order chi connectivity index (χ1) is 12.7. The lowest BCUT2D eigenvalue weighted by Crippen LogP contribution is -2.36. The topological polar surface area (TPSA) is 50.3 Å². The summed E-state index contributed by atoms with van der Waals surface area (Å²) in [6.07, 6.45) is -0.770. The number of rotatable bonds is 4. The molecule has 1 aliphatic rings. The maximum absolute atomic E-state index is 13.1. The highest BCUT2D eigenvalue weighted by Gasteiger charge is 2.40. The van der Waals surface area contributed by atoms with E-state index < -0.39 is 26.8 Å². The number of hydrogen-bond acceptors (Lipinski definition) is 3. The van der Waals surface area contributed by atoms with Crippen LogP contribution in [0.4, 0.5) is 13.2 Å². The van der Waals surface area contributed by atoms with Crippen molar-refractivity contribution in [2.24, 2.45) is 0 Å². The van der Waals surface area contributed by atoms with E-state index in [1.807, 2.05) is 24.3 Å². The summed E-state index contributed by atoms with van der Waals surface area (Å²) in [5.74, 6) is 0. The van der Waals surface area contributed by atoms with Crippen molar-refractivity contribution >= 4 is 15.6 Å². The van der Waals surface area contributed by atoms with Gasteiger partial charge in [-0.25, -0.2) is 8.42 Å². The molecule has 2 aromatic rings. The number of aryl methyl sites for hydroxylation is 1. The molecule has 0 fully saturated rings. The predicted octanol–water partition coefficient (Wildman–Crippen LogP) is 4.14. The lowest BCUT2D eigenvalue weighted by molar-refractivity contribution is -0.143. The summed E-state index contributed by atoms with van der Waals surface area (Å²) in [7, 11) is -4.29. The van der Waals surface area contributed by atoms with Gasteiger partial charge in [0, 0.05) is 19.3 Å². The Kier molecular flexibility index (Phi) is 5.39. The van der Waals surface area contributed by atoms with Crippen molar-refractivity contribution < 1.29 is 21.6 Å². The largest absolute Gasteiger partial charge is 0.434 e. The SMILES string of the molecule is CCc1ccc(C2=CCN(S(=O)(=O)c3cccnc3C(F)(F)F)CC2)cc1. The Morgan fingerprint density at radius 3 is 2.41 bits per heavy atom. The van der Waals surface area contributed by atoms with Crippen LogP contribution in [-0.2, 0) is 22.6 Å². The normalized spacial score (nSPS) is 16.2. The molecule has 0 atom stereocenters. The van der Waals surface area contributed by atoms with Crippen LogP contribution in [0.2, 0.25) is 0 Å². The Morgan fingerprint density at radius 2 is 1.85 bits per heavy atom. The first-order valence-corrected chi connectivity index (χ1v) is 9.98. The van der Waals surface area contributed by atoms with Gasteiger partial charge in [0.1, 0.15) is 4.90 Å². The molecule has 1 aromatic carbocycles. The fraction of sp³-hybridized carbons (Fsp3) is 0.316. The van der Waals surface area contributed by atoms with Crippen molar-refractivity contribution in [2.45, 2.75) is 30.8 Å². The summed E-state index contributed by atoms with van der Waals surface area (Å²) < 4.78 is 65.9. The standard InChI is InChI=1S/C19H19F3N2O2S/c1-2-14-5-7-15(8-6-14)16-9-12-24(13-10-16)27(25,26)17-4-3-11-23-18(17)19(20,21)22/h3-9,11H,2,10,12-13H2,1H3. The number of alkyl halides is 3. The van der Waals surface area contributed by atoms with E-state index in [1.165, 1.54) is 11.6 Å². The van der Waals surface area contributed by atoms with Crippen LogP contribution < -0.4 is 0 Å². The molecule has 0 amide bonds. The van der Waals surface area contributed by atoms with Crippen molar-refractivity contribution in [3.63, 3.8) is 0 Å². The second kappa shape index (κ2) is 7.44. The van der Waals surface area contributed by atoms with E-state index in [2.05, 4.69) is 11.9 Å². The van der Waals surface area contributed by atoms with Crippen molar-refractivity contribution in [3.05, 3.63) is 65.5 Å². The molecule has 3 rings (SSSR count). The average Bonchev–Trinajstić information content (AvgIpc) is 2.67. The van der Waals surface area contributed by atoms with Crippen molar-refractivity contribution in [3.8, 4) is 0 Å². The molecule has 0 N–H and O–H groups in total. The summed E-state index contributed by atoms with van der Waals surface area (Å²) in [5.41, 5.74) is 1.82. The third-order valence-corrected chi connectivity index (χ3v) is 6.46. The Labute approximate surface area is 156 Å². The minimum absolute atomic E-state index is 0.0272. The van der Waals surface area contributed by atoms with Crippen LogP contribution >= 0.6 is 0 Å². The number of aromatic nitrogens is 1. The fourth-order valence-electron chi connectivity index (χ4n) is 3.04. The molecule has 2 heterocycles. The first kappa shape index (κ1) is 19.6. The number of pyridine rings is 1. The first-order valence-electron chi connectivity index (χ1n) is 8.54. The molecule has 27 heavy (non-hydrogen) atoms. The average molecular weight is 396 g/mol. The van der Waals surface area contributed by atoms with E-state index in [9.17, 15) is 21.6 Å². The van der Waals surface area contributed by atoms with Gasteiger partial charge in [0.05, 0.1) is 0 Å². The van der Waals surface area contributed by atoms with Gasteiger partial charge >= 0.3 is 6.18 Å². The maximum Gasteiger partial charge on any atom is 0.434 e. The van der Waals surface area contributed by atoms with Gasteiger partial charge in [-0.1, -0.05) is 37.3 Å². The molecule has 8 heteroatoms. The smallest absolute Gasteiger partial charge is 0.250 e. The van der Waals surface area contributed by atoms with Crippen LogP contribution in [0.5, 0.6) is 0 Å². The van der Waals surface area contributed by atoms with Crippen LogP contribution in [-0.4, -0.2) is 30.8 Å². The second-order valence-electron chi connectivity index (χ2n) is 6.24. The van der Waals surface area contributed by atoms with Crippen LogP contribution in [0.1, 0.15) is 30.2 Å². The number of hydrogen-bond donors (Lipinski definition) is 0. The van der Waals surface area contributed by atoms with Crippen LogP contribution in [0.25, 0.3) is 5.57 Å². The zero-order valence-electron chi connectivity index (χ0n) is 14.7. The number of halogens is 3. The molecular weight excluding hydrogens is 377 g/mol. The van der Waals surface area contributed by atoms with Gasteiger partial charge < -0.3 is 0 Å². The van der Waals surface area contributed by atoms with Gasteiger partial charge in [0.25, 0.3) is 0 Å². The number of nitrogens with zero attached hydrogens (tertiary/aromatic N) is 2. The van der Waals surface area contributed by atoms with Gasteiger partial charge in [-0.15, -0.1) is 0 Å². The molecule has 144 valence electrons. The molecule has 0 aliphatic carbocycles. The summed E-state index contributed by atoms with van der Waals surface area (Å²) in [6.45, 7) is 2.21. The monoisotopic (exact) mass is 396 g/mol. The number of benzene rings is 1. The molecule has 0 saturated carbocycles. The highest BCUT2D eigenvalue weighted by atomic mass is 32.2. The molecule has 4 nitrogen and oxygen atoms in total. The van der Waals surface area contributed by atoms with Crippen LogP contribution in [0, 0.1) is 0 Å². The molecule has 1 aromatic heterocycles. The molecule has 0 spiro atoms. The Balaban J connectivity index is 1.86. The van der Waals surface area contributed by atoms with E-state index in [-0.39, 0.29) is 13.1 Å². The van der Waals surface area contributed by atoms with E-state index in [0.29, 0.717) is 6.42 Å². The lowest BCUT2D eigenvalue weighted by atomic mass is 9.99. The minimum atomic E-state index is -4.83. The highest BCUT2D eigenvalue weighted by Crippen LogP contribution is 2.34. The van der Waals surface area contributed by atoms with E-state index >= 15 is 0 Å². The lowest BCUT2D eigenvalue weighted by Gasteiger charge is -2.27. The third kappa shape index (κ3) is 4.06. The second-order valence-corrected chi connectivity index (χ2v) is 8.15. The Morgan fingerprint density at radius 1 is 1.15 bits per heavy atom. The summed E-state index contributed by atoms with van der Waals surface area (Å²) in [5, 5.41) is 0. The summed E-state index contributed by atoms with van der Waals surface area (Å²) in [6, 6.07) is 10.2. The zero-order valence-corrected chi connectivity index (χ0v) is 15.5. The predicted molar refractivity (Wildman–Crippen MR) is 96.4 cm³/mol. The quantitative estimate of drug-likeness (QED) is 0.781. The van der Waals surface area contributed by atoms with Crippen molar-refractivity contribution in [1.29, 1.82) is 0 Å². The summed E-state index contributed by atoms with van der Waals surface area (Å²) >= 11 is 0. The number of sulfonamides is 1. The Bertz CT molecular complexity index is 952.